The van der Waals surface area contributed by atoms with Gasteiger partial charge in [0.2, 0.25) is 5.91 Å². The van der Waals surface area contributed by atoms with Crippen molar-refractivity contribution in [3.8, 4) is 0 Å². The van der Waals surface area contributed by atoms with Crippen LogP contribution in [0.1, 0.15) is 24.6 Å². The molecule has 1 aromatic carbocycles. The molecule has 3 aromatic rings. The number of hydrogen-bond acceptors (Lipinski definition) is 3. The molecule has 1 amide bonds. The van der Waals surface area contributed by atoms with Crippen LogP contribution >= 0.6 is 11.3 Å². The predicted octanol–water partition coefficient (Wildman–Crippen LogP) is 2.98. The van der Waals surface area contributed by atoms with Crippen molar-refractivity contribution in [1.29, 1.82) is 0 Å². The van der Waals surface area contributed by atoms with Crippen molar-refractivity contribution < 1.29 is 4.79 Å². The Morgan fingerprint density at radius 1 is 1.08 bits per heavy atom. The van der Waals surface area contributed by atoms with Gasteiger partial charge in [0.1, 0.15) is 0 Å². The number of fused-ring (bicyclic) bond motifs is 1. The molecule has 24 heavy (non-hydrogen) atoms. The number of aromatic nitrogens is 2. The fraction of sp³-hybridized carbons (Fsp3) is 0.333. The number of nitrogens with one attached hydrogen (secondary N) is 1. The molecule has 0 spiro atoms. The number of amides is 1. The quantitative estimate of drug-likeness (QED) is 0.717. The van der Waals surface area contributed by atoms with Gasteiger partial charge < -0.3 is 5.32 Å². The lowest BCUT2D eigenvalue weighted by Crippen LogP contribution is -2.28. The fourth-order valence-corrected chi connectivity index (χ4v) is 3.47. The van der Waals surface area contributed by atoms with Crippen molar-refractivity contribution in [3.63, 3.8) is 0 Å². The first-order chi connectivity index (χ1) is 11.7. The Morgan fingerprint density at radius 3 is 2.42 bits per heavy atom. The molecule has 1 N–H and O–H groups in total. The number of rotatable bonds is 7. The second-order valence-electron chi connectivity index (χ2n) is 5.68. The molecule has 0 aliphatic heterocycles. The van der Waals surface area contributed by atoms with Crippen LogP contribution in [0.2, 0.25) is 0 Å². The number of carbonyl (C=O) groups is 1. The molecule has 0 radical (unpaired) electrons. The van der Waals surface area contributed by atoms with Gasteiger partial charge >= 0.3 is 5.69 Å². The summed E-state index contributed by atoms with van der Waals surface area (Å²) >= 11 is 1.62. The van der Waals surface area contributed by atoms with Gasteiger partial charge in [0, 0.05) is 24.4 Å². The third-order valence-electron chi connectivity index (χ3n) is 3.97. The lowest BCUT2D eigenvalue weighted by molar-refractivity contribution is -0.121. The van der Waals surface area contributed by atoms with E-state index >= 15 is 0 Å². The average molecular weight is 343 g/mol. The van der Waals surface area contributed by atoms with E-state index in [0.717, 1.165) is 22.3 Å². The molecule has 0 saturated carbocycles. The Morgan fingerprint density at radius 2 is 1.79 bits per heavy atom. The summed E-state index contributed by atoms with van der Waals surface area (Å²) in [6.45, 7) is 3.68. The molecule has 5 nitrogen and oxygen atoms in total. The summed E-state index contributed by atoms with van der Waals surface area (Å²) in [5.74, 6) is -0.0392. The molecule has 0 saturated heterocycles. The van der Waals surface area contributed by atoms with E-state index in [1.807, 2.05) is 41.8 Å². The van der Waals surface area contributed by atoms with Crippen molar-refractivity contribution in [2.45, 2.75) is 39.4 Å². The van der Waals surface area contributed by atoms with Crippen molar-refractivity contribution in [3.05, 3.63) is 57.1 Å². The topological polar surface area (TPSA) is 56.0 Å². The molecule has 6 heteroatoms. The van der Waals surface area contributed by atoms with E-state index in [0.29, 0.717) is 26.1 Å². The van der Waals surface area contributed by atoms with Gasteiger partial charge in [-0.3, -0.25) is 13.9 Å². The standard InChI is InChI=1S/C18H21N3O2S/c1-2-10-20-15-7-3-4-8-16(15)21(18(20)23)11-9-17(22)19-13-14-6-5-12-24-14/h3-8,12H,2,9-11,13H2,1H3,(H,19,22). The van der Waals surface area contributed by atoms with E-state index in [4.69, 9.17) is 0 Å². The van der Waals surface area contributed by atoms with Crippen LogP contribution < -0.4 is 11.0 Å². The molecule has 0 aliphatic rings. The lowest BCUT2D eigenvalue weighted by Gasteiger charge is -2.05. The first-order valence-corrected chi connectivity index (χ1v) is 9.06. The number of aryl methyl sites for hydroxylation is 2. The Kier molecular flexibility index (Phi) is 5.15. The minimum absolute atomic E-state index is 0.0379. The van der Waals surface area contributed by atoms with Gasteiger partial charge in [-0.25, -0.2) is 4.79 Å². The Bertz CT molecular complexity index is 877. The van der Waals surface area contributed by atoms with Crippen LogP contribution in [-0.4, -0.2) is 15.0 Å². The summed E-state index contributed by atoms with van der Waals surface area (Å²) in [6, 6.07) is 11.7. The summed E-state index contributed by atoms with van der Waals surface area (Å²) in [5.41, 5.74) is 1.79. The number of imidazole rings is 1. The van der Waals surface area contributed by atoms with E-state index < -0.39 is 0 Å². The maximum atomic E-state index is 12.6. The maximum Gasteiger partial charge on any atom is 0.329 e. The predicted molar refractivity (Wildman–Crippen MR) is 97.3 cm³/mol. The highest BCUT2D eigenvalue weighted by Gasteiger charge is 2.13. The zero-order valence-electron chi connectivity index (χ0n) is 13.7. The van der Waals surface area contributed by atoms with E-state index in [1.165, 1.54) is 0 Å². The smallest absolute Gasteiger partial charge is 0.329 e. The van der Waals surface area contributed by atoms with Crippen LogP contribution in [0.25, 0.3) is 11.0 Å². The highest BCUT2D eigenvalue weighted by Crippen LogP contribution is 2.13. The summed E-state index contributed by atoms with van der Waals surface area (Å²) in [6.07, 6.45) is 1.20. The monoisotopic (exact) mass is 343 g/mol. The molecule has 0 fully saturated rings. The summed E-state index contributed by atoms with van der Waals surface area (Å²) < 4.78 is 3.49. The van der Waals surface area contributed by atoms with E-state index in [1.54, 1.807) is 20.5 Å². The van der Waals surface area contributed by atoms with Crippen LogP contribution in [0.3, 0.4) is 0 Å². The summed E-state index contributed by atoms with van der Waals surface area (Å²) in [7, 11) is 0. The normalized spacial score (nSPS) is 11.0. The molecule has 0 unspecified atom stereocenters. The van der Waals surface area contributed by atoms with Crippen LogP contribution in [0.5, 0.6) is 0 Å². The van der Waals surface area contributed by atoms with Gasteiger partial charge in [0.15, 0.2) is 0 Å². The van der Waals surface area contributed by atoms with Gasteiger partial charge in [0.25, 0.3) is 0 Å². The third-order valence-corrected chi connectivity index (χ3v) is 4.85. The molecule has 0 atom stereocenters. The minimum Gasteiger partial charge on any atom is -0.351 e. The van der Waals surface area contributed by atoms with Crippen molar-refractivity contribution in [1.82, 2.24) is 14.5 Å². The van der Waals surface area contributed by atoms with Gasteiger partial charge in [0.05, 0.1) is 17.6 Å². The Hall–Kier alpha value is -2.34. The highest BCUT2D eigenvalue weighted by atomic mass is 32.1. The van der Waals surface area contributed by atoms with Crippen LogP contribution in [0.4, 0.5) is 0 Å². The molecule has 126 valence electrons. The van der Waals surface area contributed by atoms with Crippen molar-refractivity contribution in [2.75, 3.05) is 0 Å². The SMILES string of the molecule is CCCn1c(=O)n(CCC(=O)NCc2cccs2)c2ccccc21. The van der Waals surface area contributed by atoms with Gasteiger partial charge in [-0.1, -0.05) is 25.1 Å². The van der Waals surface area contributed by atoms with Crippen LogP contribution in [-0.2, 0) is 24.4 Å². The van der Waals surface area contributed by atoms with Crippen molar-refractivity contribution in [2.24, 2.45) is 0 Å². The highest BCUT2D eigenvalue weighted by molar-refractivity contribution is 7.09. The van der Waals surface area contributed by atoms with Crippen LogP contribution in [0.15, 0.2) is 46.6 Å². The molecule has 0 bridgehead atoms. The van der Waals surface area contributed by atoms with Crippen molar-refractivity contribution >= 4 is 28.3 Å². The first kappa shape index (κ1) is 16.5. The van der Waals surface area contributed by atoms with E-state index in [-0.39, 0.29) is 11.6 Å². The molecule has 2 aromatic heterocycles. The molecule has 2 heterocycles. The molecular formula is C18H21N3O2S. The largest absolute Gasteiger partial charge is 0.351 e. The minimum atomic E-state index is -0.0392. The lowest BCUT2D eigenvalue weighted by atomic mass is 10.3. The molecule has 3 rings (SSSR count). The van der Waals surface area contributed by atoms with E-state index in [2.05, 4.69) is 12.2 Å². The Labute approximate surface area is 144 Å². The third kappa shape index (κ3) is 3.43. The van der Waals surface area contributed by atoms with E-state index in [9.17, 15) is 9.59 Å². The maximum absolute atomic E-state index is 12.6. The first-order valence-electron chi connectivity index (χ1n) is 8.18. The molecular weight excluding hydrogens is 322 g/mol. The Balaban J connectivity index is 1.72. The average Bonchev–Trinajstić information content (AvgIpc) is 3.20. The second-order valence-corrected chi connectivity index (χ2v) is 6.71. The van der Waals surface area contributed by atoms with Crippen LogP contribution in [0, 0.1) is 0 Å². The number of thiophene rings is 1. The number of hydrogen-bond donors (Lipinski definition) is 1. The van der Waals surface area contributed by atoms with Gasteiger partial charge in [-0.15, -0.1) is 11.3 Å². The number of benzene rings is 1. The number of para-hydroxylation sites is 2. The summed E-state index contributed by atoms with van der Waals surface area (Å²) in [4.78, 5) is 25.8. The zero-order valence-corrected chi connectivity index (χ0v) is 14.5. The zero-order chi connectivity index (χ0) is 16.9. The second kappa shape index (κ2) is 7.49. The molecule has 0 aliphatic carbocycles. The number of nitrogens with zero attached hydrogens (tertiary/aromatic N) is 2. The fourth-order valence-electron chi connectivity index (χ4n) is 2.83. The summed E-state index contributed by atoms with van der Waals surface area (Å²) in [5, 5.41) is 4.89. The number of carbonyl (C=O) groups excluding carboxylic acids is 1. The van der Waals surface area contributed by atoms with Gasteiger partial charge in [-0.05, 0) is 30.0 Å². The van der Waals surface area contributed by atoms with Gasteiger partial charge in [-0.2, -0.15) is 0 Å².